The second-order valence-electron chi connectivity index (χ2n) is 3.74. The smallest absolute Gasteiger partial charge is 0.340 e. The monoisotopic (exact) mass is 313 g/mol. The van der Waals surface area contributed by atoms with Gasteiger partial charge >= 0.3 is 23.7 Å². The van der Waals surface area contributed by atoms with Crippen LogP contribution in [-0.2, 0) is 0 Å². The molecule has 12 heteroatoms. The Hall–Kier alpha value is -2.66. The van der Waals surface area contributed by atoms with E-state index in [9.17, 15) is 37.8 Å². The molecule has 0 aromatic heterocycles. The van der Waals surface area contributed by atoms with Crippen LogP contribution in [0.2, 0.25) is 0 Å². The van der Waals surface area contributed by atoms with Crippen molar-refractivity contribution < 1.29 is 32.1 Å². The van der Waals surface area contributed by atoms with Gasteiger partial charge < -0.3 is 10.5 Å². The van der Waals surface area contributed by atoms with Gasteiger partial charge in [0.25, 0.3) is 0 Å². The number of ether oxygens (including phenoxy) is 1. The summed E-state index contributed by atoms with van der Waals surface area (Å²) in [4.78, 5) is 19.1. The minimum atomic E-state index is -4.51. The van der Waals surface area contributed by atoms with Crippen molar-refractivity contribution in [3.63, 3.8) is 0 Å². The minimum absolute atomic E-state index is 0.532. The predicted octanol–water partition coefficient (Wildman–Crippen LogP) is 2.36. The molecule has 2 N–H and O–H groups in total. The van der Waals surface area contributed by atoms with Crippen molar-refractivity contribution >= 4 is 17.1 Å². The highest BCUT2D eigenvalue weighted by Crippen LogP contribution is 2.36. The van der Waals surface area contributed by atoms with Gasteiger partial charge in [0.15, 0.2) is 12.3 Å². The summed E-state index contributed by atoms with van der Waals surface area (Å²) in [6, 6.07) is 1.06. The van der Waals surface area contributed by atoms with E-state index >= 15 is 0 Å². The summed E-state index contributed by atoms with van der Waals surface area (Å²) in [5.41, 5.74) is 2.45. The number of nitrogens with zero attached hydrogens (tertiary/aromatic N) is 2. The average molecular weight is 313 g/mol. The molecule has 8 nitrogen and oxygen atoms in total. The molecular weight excluding hydrogens is 306 g/mol. The standard InChI is InChI=1S/C9H7F4N3O5/c10-8(11)9(12,13)3-21-4-1-5(15(17)18)7(14)6(2-4)16(19)20/h1-2,8H,3,14H2. The van der Waals surface area contributed by atoms with Crippen molar-refractivity contribution in [3.8, 4) is 5.75 Å². The van der Waals surface area contributed by atoms with Crippen molar-refractivity contribution in [2.75, 3.05) is 12.3 Å². The van der Waals surface area contributed by atoms with Crippen LogP contribution >= 0.6 is 0 Å². The molecule has 0 spiro atoms. The lowest BCUT2D eigenvalue weighted by atomic mass is 10.2. The van der Waals surface area contributed by atoms with Crippen LogP contribution in [0.15, 0.2) is 12.1 Å². The maximum absolute atomic E-state index is 12.7. The van der Waals surface area contributed by atoms with Crippen LogP contribution in [0.1, 0.15) is 0 Å². The first-order chi connectivity index (χ1) is 9.56. The zero-order valence-electron chi connectivity index (χ0n) is 9.96. The number of anilines is 1. The van der Waals surface area contributed by atoms with E-state index in [4.69, 9.17) is 5.73 Å². The van der Waals surface area contributed by atoms with Crippen LogP contribution in [0.25, 0.3) is 0 Å². The second-order valence-corrected chi connectivity index (χ2v) is 3.74. The molecule has 0 unspecified atom stereocenters. The van der Waals surface area contributed by atoms with Crippen molar-refractivity contribution in [1.29, 1.82) is 0 Å². The van der Waals surface area contributed by atoms with Crippen LogP contribution in [0, 0.1) is 20.2 Å². The zero-order chi connectivity index (χ0) is 16.4. The molecule has 0 aliphatic heterocycles. The number of hydrogen-bond donors (Lipinski definition) is 1. The van der Waals surface area contributed by atoms with Gasteiger partial charge in [0.1, 0.15) is 5.75 Å². The van der Waals surface area contributed by atoms with E-state index in [1.54, 1.807) is 0 Å². The number of hydrogen-bond acceptors (Lipinski definition) is 6. The van der Waals surface area contributed by atoms with Crippen LogP contribution in [-0.4, -0.2) is 28.8 Å². The van der Waals surface area contributed by atoms with Crippen LogP contribution in [0.3, 0.4) is 0 Å². The SMILES string of the molecule is Nc1c([N+](=O)[O-])cc(OCC(F)(F)C(F)F)cc1[N+](=O)[O-]. The van der Waals surface area contributed by atoms with Gasteiger partial charge in [-0.25, -0.2) is 8.78 Å². The minimum Gasteiger partial charge on any atom is -0.487 e. The molecule has 0 aliphatic rings. The van der Waals surface area contributed by atoms with Gasteiger partial charge in [-0.2, -0.15) is 8.78 Å². The summed E-state index contributed by atoms with van der Waals surface area (Å²) in [5.74, 6) is -5.26. The molecule has 0 atom stereocenters. The fourth-order valence-electron chi connectivity index (χ4n) is 1.23. The first-order valence-electron chi connectivity index (χ1n) is 5.07. The second kappa shape index (κ2) is 5.76. The molecule has 0 amide bonds. The summed E-state index contributed by atoms with van der Waals surface area (Å²) in [6.45, 7) is -1.80. The first kappa shape index (κ1) is 16.4. The van der Waals surface area contributed by atoms with Gasteiger partial charge in [0, 0.05) is 0 Å². The molecule has 1 aromatic carbocycles. The Balaban J connectivity index is 3.14. The number of alkyl halides is 4. The third-order valence-electron chi connectivity index (χ3n) is 2.25. The molecule has 116 valence electrons. The third-order valence-corrected chi connectivity index (χ3v) is 2.25. The Morgan fingerprint density at radius 1 is 1.19 bits per heavy atom. The van der Waals surface area contributed by atoms with Crippen LogP contribution in [0.4, 0.5) is 34.6 Å². The topological polar surface area (TPSA) is 122 Å². The number of halogens is 4. The lowest BCUT2D eigenvalue weighted by molar-refractivity contribution is -0.392. The number of benzene rings is 1. The van der Waals surface area contributed by atoms with Gasteiger partial charge in [-0.3, -0.25) is 20.2 Å². The third kappa shape index (κ3) is 3.67. The summed E-state index contributed by atoms with van der Waals surface area (Å²) < 4.78 is 53.5. The molecule has 0 heterocycles. The Bertz CT molecular complexity index is 545. The normalized spacial score (nSPS) is 11.5. The van der Waals surface area contributed by atoms with E-state index in [0.29, 0.717) is 12.1 Å². The summed E-state index contributed by atoms with van der Waals surface area (Å²) in [7, 11) is 0. The molecule has 0 saturated carbocycles. The Morgan fingerprint density at radius 2 is 1.62 bits per heavy atom. The van der Waals surface area contributed by atoms with E-state index in [1.807, 2.05) is 0 Å². The Morgan fingerprint density at radius 3 is 1.95 bits per heavy atom. The van der Waals surface area contributed by atoms with Crippen molar-refractivity contribution in [1.82, 2.24) is 0 Å². The number of nitro benzene ring substituents is 2. The van der Waals surface area contributed by atoms with Crippen molar-refractivity contribution in [3.05, 3.63) is 32.4 Å². The molecule has 21 heavy (non-hydrogen) atoms. The molecular formula is C9H7F4N3O5. The van der Waals surface area contributed by atoms with E-state index in [0.717, 1.165) is 0 Å². The number of nitro groups is 2. The fourth-order valence-corrected chi connectivity index (χ4v) is 1.23. The predicted molar refractivity (Wildman–Crippen MR) is 60.6 cm³/mol. The molecule has 1 rings (SSSR count). The molecule has 0 aliphatic carbocycles. The average Bonchev–Trinajstić information content (AvgIpc) is 2.36. The van der Waals surface area contributed by atoms with E-state index < -0.39 is 51.6 Å². The number of rotatable bonds is 6. The molecule has 1 aromatic rings. The fraction of sp³-hybridized carbons (Fsp3) is 0.333. The summed E-state index contributed by atoms with van der Waals surface area (Å²) in [6.07, 6.45) is -4.02. The van der Waals surface area contributed by atoms with Crippen molar-refractivity contribution in [2.45, 2.75) is 12.3 Å². The molecule has 0 bridgehead atoms. The van der Waals surface area contributed by atoms with Gasteiger partial charge in [0.05, 0.1) is 22.0 Å². The first-order valence-corrected chi connectivity index (χ1v) is 5.07. The van der Waals surface area contributed by atoms with Gasteiger partial charge in [-0.1, -0.05) is 0 Å². The van der Waals surface area contributed by atoms with Gasteiger partial charge in [0.2, 0.25) is 0 Å². The molecule has 0 radical (unpaired) electrons. The van der Waals surface area contributed by atoms with Crippen LogP contribution in [0.5, 0.6) is 5.75 Å². The summed E-state index contributed by atoms with van der Waals surface area (Å²) in [5, 5.41) is 21.3. The highest BCUT2D eigenvalue weighted by atomic mass is 19.3. The Labute approximate surface area is 113 Å². The maximum atomic E-state index is 12.7. The van der Waals surface area contributed by atoms with Crippen LogP contribution < -0.4 is 10.5 Å². The lowest BCUT2D eigenvalue weighted by Crippen LogP contribution is -2.33. The highest BCUT2D eigenvalue weighted by molar-refractivity contribution is 5.73. The summed E-state index contributed by atoms with van der Waals surface area (Å²) >= 11 is 0. The van der Waals surface area contributed by atoms with E-state index in [1.165, 1.54) is 0 Å². The number of nitrogen functional groups attached to an aromatic ring is 1. The van der Waals surface area contributed by atoms with Gasteiger partial charge in [-0.05, 0) is 0 Å². The highest BCUT2D eigenvalue weighted by Gasteiger charge is 2.42. The number of nitrogens with two attached hydrogens (primary N) is 1. The van der Waals surface area contributed by atoms with E-state index in [-0.39, 0.29) is 0 Å². The zero-order valence-corrected chi connectivity index (χ0v) is 9.96. The maximum Gasteiger partial charge on any atom is 0.340 e. The quantitative estimate of drug-likeness (QED) is 0.372. The largest absolute Gasteiger partial charge is 0.487 e. The molecule has 0 saturated heterocycles. The lowest BCUT2D eigenvalue weighted by Gasteiger charge is -2.15. The molecule has 0 fully saturated rings. The van der Waals surface area contributed by atoms with Crippen molar-refractivity contribution in [2.24, 2.45) is 0 Å². The van der Waals surface area contributed by atoms with E-state index in [2.05, 4.69) is 4.74 Å². The van der Waals surface area contributed by atoms with Gasteiger partial charge in [-0.15, -0.1) is 0 Å². The Kier molecular flexibility index (Phi) is 4.50.